The Kier molecular flexibility index (Phi) is 2.96. The molecule has 0 aromatic heterocycles. The van der Waals surface area contributed by atoms with Gasteiger partial charge >= 0.3 is 0 Å². The minimum atomic E-state index is 0.0110. The molecule has 0 fully saturated rings. The van der Waals surface area contributed by atoms with E-state index in [-0.39, 0.29) is 11.6 Å². The van der Waals surface area contributed by atoms with Crippen LogP contribution in [0.4, 0.5) is 0 Å². The Bertz CT molecular complexity index is 340. The molecule has 1 aromatic carbocycles. The number of rotatable bonds is 3. The highest BCUT2D eigenvalue weighted by molar-refractivity contribution is 5.96. The molecular formula is C11H12O2. The summed E-state index contributed by atoms with van der Waals surface area (Å²) < 4.78 is 0. The van der Waals surface area contributed by atoms with E-state index in [0.29, 0.717) is 12.0 Å². The van der Waals surface area contributed by atoms with E-state index in [2.05, 4.69) is 0 Å². The van der Waals surface area contributed by atoms with Gasteiger partial charge in [-0.05, 0) is 19.4 Å². The molecule has 0 N–H and O–H groups in total. The molecule has 2 heteroatoms. The van der Waals surface area contributed by atoms with E-state index in [1.807, 2.05) is 12.1 Å². The average molecular weight is 176 g/mol. The first-order valence-corrected chi connectivity index (χ1v) is 4.19. The molecule has 0 unspecified atom stereocenters. The first-order valence-electron chi connectivity index (χ1n) is 4.19. The minimum absolute atomic E-state index is 0.0110. The molecule has 0 spiro atoms. The molecule has 0 aliphatic carbocycles. The molecule has 13 heavy (non-hydrogen) atoms. The number of carbonyl (C=O) groups excluding carboxylic acids is 2. The van der Waals surface area contributed by atoms with Gasteiger partial charge in [0.25, 0.3) is 0 Å². The SMILES string of the molecule is CC(=O)Cc1ccccc1C(C)=O. The van der Waals surface area contributed by atoms with Gasteiger partial charge in [-0.25, -0.2) is 0 Å². The monoisotopic (exact) mass is 176 g/mol. The van der Waals surface area contributed by atoms with E-state index >= 15 is 0 Å². The standard InChI is InChI=1S/C11H12O2/c1-8(12)7-10-5-3-4-6-11(10)9(2)13/h3-6H,7H2,1-2H3. The van der Waals surface area contributed by atoms with Crippen molar-refractivity contribution in [1.29, 1.82) is 0 Å². The van der Waals surface area contributed by atoms with Crippen LogP contribution in [-0.4, -0.2) is 11.6 Å². The molecule has 0 heterocycles. The number of hydrogen-bond donors (Lipinski definition) is 0. The van der Waals surface area contributed by atoms with E-state index in [9.17, 15) is 9.59 Å². The van der Waals surface area contributed by atoms with Gasteiger partial charge in [0.15, 0.2) is 5.78 Å². The Labute approximate surface area is 77.6 Å². The van der Waals surface area contributed by atoms with Crippen molar-refractivity contribution >= 4 is 11.6 Å². The third-order valence-electron chi connectivity index (χ3n) is 1.84. The summed E-state index contributed by atoms with van der Waals surface area (Å²) in [7, 11) is 0. The van der Waals surface area contributed by atoms with Crippen molar-refractivity contribution in [2.24, 2.45) is 0 Å². The molecule has 0 amide bonds. The molecule has 1 aromatic rings. The fraction of sp³-hybridized carbons (Fsp3) is 0.273. The largest absolute Gasteiger partial charge is 0.300 e. The van der Waals surface area contributed by atoms with Crippen LogP contribution in [0.3, 0.4) is 0 Å². The second kappa shape index (κ2) is 3.99. The number of Topliss-reactive ketones (excluding diaryl/α,β-unsaturated/α-hetero) is 2. The Balaban J connectivity index is 3.04. The first kappa shape index (κ1) is 9.65. The number of hydrogen-bond acceptors (Lipinski definition) is 2. The fourth-order valence-electron chi connectivity index (χ4n) is 1.29. The second-order valence-corrected chi connectivity index (χ2v) is 3.09. The third kappa shape index (κ3) is 2.51. The van der Waals surface area contributed by atoms with Crippen molar-refractivity contribution in [3.63, 3.8) is 0 Å². The van der Waals surface area contributed by atoms with Gasteiger partial charge in [-0.15, -0.1) is 0 Å². The van der Waals surface area contributed by atoms with Gasteiger partial charge < -0.3 is 0 Å². The molecular weight excluding hydrogens is 164 g/mol. The van der Waals surface area contributed by atoms with Crippen LogP contribution >= 0.6 is 0 Å². The molecule has 0 bridgehead atoms. The van der Waals surface area contributed by atoms with Gasteiger partial charge in [0.05, 0.1) is 0 Å². The fourth-order valence-corrected chi connectivity index (χ4v) is 1.29. The summed E-state index contributed by atoms with van der Waals surface area (Å²) in [6.07, 6.45) is 0.343. The zero-order chi connectivity index (χ0) is 9.84. The highest BCUT2D eigenvalue weighted by atomic mass is 16.1. The lowest BCUT2D eigenvalue weighted by Gasteiger charge is -2.03. The van der Waals surface area contributed by atoms with Crippen molar-refractivity contribution in [2.45, 2.75) is 20.3 Å². The van der Waals surface area contributed by atoms with E-state index in [4.69, 9.17) is 0 Å². The zero-order valence-electron chi connectivity index (χ0n) is 7.83. The summed E-state index contributed by atoms with van der Waals surface area (Å²) in [5.74, 6) is 0.0885. The quantitative estimate of drug-likeness (QED) is 0.660. The van der Waals surface area contributed by atoms with Crippen LogP contribution in [0.25, 0.3) is 0 Å². The van der Waals surface area contributed by atoms with Crippen molar-refractivity contribution < 1.29 is 9.59 Å². The Hall–Kier alpha value is -1.44. The zero-order valence-corrected chi connectivity index (χ0v) is 7.83. The average Bonchev–Trinajstić information content (AvgIpc) is 2.03. The van der Waals surface area contributed by atoms with Crippen LogP contribution in [0.15, 0.2) is 24.3 Å². The second-order valence-electron chi connectivity index (χ2n) is 3.09. The van der Waals surface area contributed by atoms with E-state index in [0.717, 1.165) is 5.56 Å². The lowest BCUT2D eigenvalue weighted by Crippen LogP contribution is -2.03. The maximum atomic E-state index is 11.1. The summed E-state index contributed by atoms with van der Waals surface area (Å²) in [6, 6.07) is 7.21. The van der Waals surface area contributed by atoms with E-state index in [1.54, 1.807) is 12.1 Å². The maximum Gasteiger partial charge on any atom is 0.160 e. The Morgan fingerprint density at radius 1 is 1.15 bits per heavy atom. The molecule has 2 nitrogen and oxygen atoms in total. The van der Waals surface area contributed by atoms with E-state index < -0.39 is 0 Å². The number of benzene rings is 1. The summed E-state index contributed by atoms with van der Waals surface area (Å²) in [5.41, 5.74) is 1.47. The smallest absolute Gasteiger partial charge is 0.160 e. The van der Waals surface area contributed by atoms with Gasteiger partial charge in [0.2, 0.25) is 0 Å². The highest BCUT2D eigenvalue weighted by Crippen LogP contribution is 2.10. The molecule has 0 saturated heterocycles. The van der Waals surface area contributed by atoms with Gasteiger partial charge in [0, 0.05) is 12.0 Å². The lowest BCUT2D eigenvalue weighted by molar-refractivity contribution is -0.116. The molecule has 0 radical (unpaired) electrons. The lowest BCUT2D eigenvalue weighted by atomic mass is 10.0. The molecule has 0 atom stereocenters. The number of carbonyl (C=O) groups is 2. The highest BCUT2D eigenvalue weighted by Gasteiger charge is 2.07. The maximum absolute atomic E-state index is 11.1. The first-order chi connectivity index (χ1) is 6.11. The van der Waals surface area contributed by atoms with Gasteiger partial charge in [0.1, 0.15) is 5.78 Å². The third-order valence-corrected chi connectivity index (χ3v) is 1.84. The Morgan fingerprint density at radius 3 is 2.31 bits per heavy atom. The summed E-state index contributed by atoms with van der Waals surface area (Å²) >= 11 is 0. The van der Waals surface area contributed by atoms with Crippen LogP contribution in [0, 0.1) is 0 Å². The predicted octanol–water partition coefficient (Wildman–Crippen LogP) is 2.02. The van der Waals surface area contributed by atoms with Crippen molar-refractivity contribution in [1.82, 2.24) is 0 Å². The number of ketones is 2. The topological polar surface area (TPSA) is 34.1 Å². The normalized spacial score (nSPS) is 9.69. The van der Waals surface area contributed by atoms with Crippen molar-refractivity contribution in [3.8, 4) is 0 Å². The van der Waals surface area contributed by atoms with Gasteiger partial charge in [-0.1, -0.05) is 24.3 Å². The summed E-state index contributed by atoms with van der Waals surface area (Å²) in [6.45, 7) is 3.04. The van der Waals surface area contributed by atoms with E-state index in [1.165, 1.54) is 13.8 Å². The molecule has 0 aliphatic heterocycles. The Morgan fingerprint density at radius 2 is 1.77 bits per heavy atom. The summed E-state index contributed by atoms with van der Waals surface area (Å²) in [4.78, 5) is 22.0. The van der Waals surface area contributed by atoms with Crippen LogP contribution < -0.4 is 0 Å². The van der Waals surface area contributed by atoms with Crippen molar-refractivity contribution in [3.05, 3.63) is 35.4 Å². The van der Waals surface area contributed by atoms with Crippen molar-refractivity contribution in [2.75, 3.05) is 0 Å². The van der Waals surface area contributed by atoms with Gasteiger partial charge in [-0.3, -0.25) is 9.59 Å². The van der Waals surface area contributed by atoms with Crippen LogP contribution in [0.1, 0.15) is 29.8 Å². The summed E-state index contributed by atoms with van der Waals surface area (Å²) in [5, 5.41) is 0. The molecule has 0 aliphatic rings. The van der Waals surface area contributed by atoms with Crippen LogP contribution in [0.5, 0.6) is 0 Å². The van der Waals surface area contributed by atoms with Crippen LogP contribution in [0.2, 0.25) is 0 Å². The van der Waals surface area contributed by atoms with Gasteiger partial charge in [-0.2, -0.15) is 0 Å². The minimum Gasteiger partial charge on any atom is -0.300 e. The van der Waals surface area contributed by atoms with Crippen LogP contribution in [-0.2, 0) is 11.2 Å². The molecule has 0 saturated carbocycles. The molecule has 68 valence electrons. The molecule has 1 rings (SSSR count). The predicted molar refractivity (Wildman–Crippen MR) is 50.8 cm³/mol.